The molecule has 0 saturated carbocycles. The van der Waals surface area contributed by atoms with E-state index >= 15 is 0 Å². The third-order valence-corrected chi connectivity index (χ3v) is 2.68. The zero-order chi connectivity index (χ0) is 9.14. The second kappa shape index (κ2) is 4.21. The van der Waals surface area contributed by atoms with Crippen LogP contribution in [0.25, 0.3) is 0 Å². The van der Waals surface area contributed by atoms with E-state index in [2.05, 4.69) is 13.8 Å². The fourth-order valence-corrected chi connectivity index (χ4v) is 1.59. The predicted octanol–water partition coefficient (Wildman–Crippen LogP) is 1.42. The quantitative estimate of drug-likeness (QED) is 0.633. The van der Waals surface area contributed by atoms with Crippen molar-refractivity contribution in [3.05, 3.63) is 0 Å². The number of rotatable bonds is 2. The van der Waals surface area contributed by atoms with Crippen molar-refractivity contribution in [2.75, 3.05) is 14.2 Å². The zero-order valence-electron chi connectivity index (χ0n) is 8.24. The van der Waals surface area contributed by atoms with E-state index < -0.39 is 0 Å². The number of hydrogen-bond acceptors (Lipinski definition) is 3. The van der Waals surface area contributed by atoms with Crippen molar-refractivity contribution in [3.8, 4) is 0 Å². The molecule has 1 heterocycles. The van der Waals surface area contributed by atoms with Gasteiger partial charge >= 0.3 is 0 Å². The Morgan fingerprint density at radius 3 is 2.33 bits per heavy atom. The van der Waals surface area contributed by atoms with Crippen LogP contribution in [0.2, 0.25) is 0 Å². The van der Waals surface area contributed by atoms with E-state index in [1.54, 1.807) is 14.2 Å². The monoisotopic (exact) mass is 174 g/mol. The molecule has 1 aliphatic heterocycles. The van der Waals surface area contributed by atoms with Crippen molar-refractivity contribution in [2.24, 2.45) is 5.92 Å². The first kappa shape index (κ1) is 9.96. The lowest BCUT2D eigenvalue weighted by Crippen LogP contribution is -2.42. The molecule has 3 nitrogen and oxygen atoms in total. The molecular weight excluding hydrogens is 156 g/mol. The predicted molar refractivity (Wildman–Crippen MR) is 45.9 cm³/mol. The van der Waals surface area contributed by atoms with Crippen LogP contribution in [0.3, 0.4) is 0 Å². The lowest BCUT2D eigenvalue weighted by molar-refractivity contribution is -0.222. The fourth-order valence-electron chi connectivity index (χ4n) is 1.59. The molecule has 1 fully saturated rings. The molecule has 4 atom stereocenters. The second-order valence-corrected chi connectivity index (χ2v) is 3.38. The highest BCUT2D eigenvalue weighted by Crippen LogP contribution is 2.26. The maximum atomic E-state index is 5.58. The highest BCUT2D eigenvalue weighted by Gasteiger charge is 2.33. The molecule has 0 radical (unpaired) electrons. The van der Waals surface area contributed by atoms with Gasteiger partial charge in [-0.3, -0.25) is 0 Å². The Morgan fingerprint density at radius 1 is 1.17 bits per heavy atom. The highest BCUT2D eigenvalue weighted by molar-refractivity contribution is 4.78. The first-order chi connectivity index (χ1) is 5.69. The fraction of sp³-hybridized carbons (Fsp3) is 1.00. The molecule has 0 aromatic rings. The molecule has 0 aromatic heterocycles. The van der Waals surface area contributed by atoms with Gasteiger partial charge in [0.1, 0.15) is 0 Å². The Hall–Kier alpha value is -0.120. The maximum Gasteiger partial charge on any atom is 0.160 e. The molecule has 4 unspecified atom stereocenters. The first-order valence-corrected chi connectivity index (χ1v) is 4.40. The SMILES string of the molecule is COC1CC(OC)C(C)C(C)O1. The molecule has 1 rings (SSSR count). The molecule has 3 heteroatoms. The van der Waals surface area contributed by atoms with E-state index in [0.717, 1.165) is 6.42 Å². The normalized spacial score (nSPS) is 43.0. The summed E-state index contributed by atoms with van der Waals surface area (Å²) in [6.07, 6.45) is 1.21. The van der Waals surface area contributed by atoms with Crippen LogP contribution in [0.4, 0.5) is 0 Å². The van der Waals surface area contributed by atoms with Crippen LogP contribution in [-0.2, 0) is 14.2 Å². The Bertz CT molecular complexity index is 138. The molecular formula is C9H18O3. The summed E-state index contributed by atoms with van der Waals surface area (Å²) in [6, 6.07) is 0. The minimum atomic E-state index is -0.0962. The van der Waals surface area contributed by atoms with Gasteiger partial charge in [0.05, 0.1) is 12.2 Å². The summed E-state index contributed by atoms with van der Waals surface area (Å²) < 4.78 is 16.1. The molecule has 0 bridgehead atoms. The summed E-state index contributed by atoms with van der Waals surface area (Å²) in [5, 5.41) is 0. The summed E-state index contributed by atoms with van der Waals surface area (Å²) in [5.74, 6) is 0.446. The van der Waals surface area contributed by atoms with Crippen LogP contribution in [-0.4, -0.2) is 32.7 Å². The van der Waals surface area contributed by atoms with E-state index in [9.17, 15) is 0 Å². The van der Waals surface area contributed by atoms with Crippen molar-refractivity contribution in [1.82, 2.24) is 0 Å². The molecule has 0 amide bonds. The molecule has 72 valence electrons. The van der Waals surface area contributed by atoms with E-state index in [1.807, 2.05) is 0 Å². The standard InChI is InChI=1S/C9H18O3/c1-6-7(2)12-9(11-4)5-8(6)10-3/h6-9H,5H2,1-4H3. The zero-order valence-corrected chi connectivity index (χ0v) is 8.24. The van der Waals surface area contributed by atoms with Crippen LogP contribution in [0.1, 0.15) is 20.3 Å². The Morgan fingerprint density at radius 2 is 1.83 bits per heavy atom. The van der Waals surface area contributed by atoms with E-state index in [4.69, 9.17) is 14.2 Å². The maximum absolute atomic E-state index is 5.58. The van der Waals surface area contributed by atoms with Crippen molar-refractivity contribution in [2.45, 2.75) is 38.8 Å². The van der Waals surface area contributed by atoms with Crippen LogP contribution in [0.15, 0.2) is 0 Å². The van der Waals surface area contributed by atoms with Gasteiger partial charge in [0.15, 0.2) is 6.29 Å². The van der Waals surface area contributed by atoms with Gasteiger partial charge in [-0.2, -0.15) is 0 Å². The van der Waals surface area contributed by atoms with Crippen LogP contribution in [0, 0.1) is 5.92 Å². The van der Waals surface area contributed by atoms with Gasteiger partial charge in [-0.1, -0.05) is 6.92 Å². The van der Waals surface area contributed by atoms with Gasteiger partial charge in [0.2, 0.25) is 0 Å². The molecule has 1 saturated heterocycles. The lowest BCUT2D eigenvalue weighted by atomic mass is 9.93. The van der Waals surface area contributed by atoms with Gasteiger partial charge in [-0.05, 0) is 6.92 Å². The Balaban J connectivity index is 2.52. The Kier molecular flexibility index (Phi) is 3.50. The van der Waals surface area contributed by atoms with E-state index in [1.165, 1.54) is 0 Å². The molecule has 0 aliphatic carbocycles. The van der Waals surface area contributed by atoms with Gasteiger partial charge in [-0.25, -0.2) is 0 Å². The molecule has 12 heavy (non-hydrogen) atoms. The minimum absolute atomic E-state index is 0.0962. The van der Waals surface area contributed by atoms with Gasteiger partial charge in [0.25, 0.3) is 0 Å². The molecule has 0 N–H and O–H groups in total. The third-order valence-electron chi connectivity index (χ3n) is 2.68. The number of ether oxygens (including phenoxy) is 3. The summed E-state index contributed by atoms with van der Waals surface area (Å²) in [4.78, 5) is 0. The summed E-state index contributed by atoms with van der Waals surface area (Å²) in [5.41, 5.74) is 0. The van der Waals surface area contributed by atoms with E-state index in [-0.39, 0.29) is 18.5 Å². The summed E-state index contributed by atoms with van der Waals surface area (Å²) in [6.45, 7) is 4.20. The average molecular weight is 174 g/mol. The van der Waals surface area contributed by atoms with Crippen LogP contribution >= 0.6 is 0 Å². The minimum Gasteiger partial charge on any atom is -0.381 e. The third kappa shape index (κ3) is 1.97. The average Bonchev–Trinajstić information content (AvgIpc) is 2.09. The van der Waals surface area contributed by atoms with Gasteiger partial charge < -0.3 is 14.2 Å². The molecule has 1 aliphatic rings. The van der Waals surface area contributed by atoms with Crippen molar-refractivity contribution >= 4 is 0 Å². The second-order valence-electron chi connectivity index (χ2n) is 3.38. The molecule has 0 spiro atoms. The van der Waals surface area contributed by atoms with Crippen molar-refractivity contribution in [3.63, 3.8) is 0 Å². The summed E-state index contributed by atoms with van der Waals surface area (Å²) >= 11 is 0. The van der Waals surface area contributed by atoms with Crippen molar-refractivity contribution < 1.29 is 14.2 Å². The molecule has 0 aromatic carbocycles. The summed E-state index contributed by atoms with van der Waals surface area (Å²) in [7, 11) is 3.41. The van der Waals surface area contributed by atoms with Gasteiger partial charge in [-0.15, -0.1) is 0 Å². The number of methoxy groups -OCH3 is 2. The lowest BCUT2D eigenvalue weighted by Gasteiger charge is -2.37. The Labute approximate surface area is 74.0 Å². The number of hydrogen-bond donors (Lipinski definition) is 0. The smallest absolute Gasteiger partial charge is 0.160 e. The van der Waals surface area contributed by atoms with Gasteiger partial charge in [0, 0.05) is 26.6 Å². The first-order valence-electron chi connectivity index (χ1n) is 4.40. The van der Waals surface area contributed by atoms with Crippen LogP contribution in [0.5, 0.6) is 0 Å². The highest BCUT2D eigenvalue weighted by atomic mass is 16.7. The topological polar surface area (TPSA) is 27.7 Å². The van der Waals surface area contributed by atoms with Crippen molar-refractivity contribution in [1.29, 1.82) is 0 Å². The van der Waals surface area contributed by atoms with Crippen LogP contribution < -0.4 is 0 Å². The largest absolute Gasteiger partial charge is 0.381 e. The van der Waals surface area contributed by atoms with E-state index in [0.29, 0.717) is 5.92 Å².